The van der Waals surface area contributed by atoms with Crippen LogP contribution < -0.4 is 14.2 Å². The van der Waals surface area contributed by atoms with Crippen LogP contribution in [0, 0.1) is 0 Å². The third-order valence-corrected chi connectivity index (χ3v) is 3.59. The third kappa shape index (κ3) is 3.68. The van der Waals surface area contributed by atoms with Gasteiger partial charge in [0.2, 0.25) is 0 Å². The van der Waals surface area contributed by atoms with Gasteiger partial charge in [-0.25, -0.2) is 0 Å². The van der Waals surface area contributed by atoms with E-state index in [1.165, 1.54) is 0 Å². The Morgan fingerprint density at radius 2 is 1.57 bits per heavy atom. The minimum Gasteiger partial charge on any atom is -0.497 e. The molecule has 0 aliphatic heterocycles. The fourth-order valence-electron chi connectivity index (χ4n) is 2.51. The number of ether oxygens (including phenoxy) is 3. The van der Waals surface area contributed by atoms with E-state index in [2.05, 4.69) is 0 Å². The highest BCUT2D eigenvalue weighted by molar-refractivity contribution is 5.95. The van der Waals surface area contributed by atoms with Crippen LogP contribution in [0.1, 0.15) is 32.4 Å². The Bertz CT molecular complexity index is 679. The average Bonchev–Trinajstić information content (AvgIpc) is 2.51. The van der Waals surface area contributed by atoms with Crippen molar-refractivity contribution in [3.63, 3.8) is 0 Å². The van der Waals surface area contributed by atoms with Gasteiger partial charge in [-0.15, -0.1) is 0 Å². The first-order chi connectivity index (χ1) is 10.9. The van der Waals surface area contributed by atoms with Crippen LogP contribution in [-0.2, 0) is 0 Å². The molecule has 2 rings (SSSR count). The highest BCUT2D eigenvalue weighted by Crippen LogP contribution is 2.40. The largest absolute Gasteiger partial charge is 0.497 e. The number of rotatable bonds is 6. The van der Waals surface area contributed by atoms with Gasteiger partial charge in [-0.05, 0) is 49.9 Å². The van der Waals surface area contributed by atoms with Crippen molar-refractivity contribution >= 4 is 10.8 Å². The molecule has 0 unspecified atom stereocenters. The van der Waals surface area contributed by atoms with Crippen LogP contribution in [0.15, 0.2) is 24.3 Å². The zero-order valence-electron chi connectivity index (χ0n) is 14.2. The molecule has 5 nitrogen and oxygen atoms in total. The molecule has 0 fully saturated rings. The van der Waals surface area contributed by atoms with Crippen LogP contribution in [0.3, 0.4) is 0 Å². The maximum atomic E-state index is 10.2. The van der Waals surface area contributed by atoms with E-state index in [1.54, 1.807) is 33.3 Å². The van der Waals surface area contributed by atoms with E-state index in [9.17, 15) is 10.2 Å². The van der Waals surface area contributed by atoms with E-state index in [1.807, 2.05) is 26.0 Å². The van der Waals surface area contributed by atoms with E-state index < -0.39 is 12.2 Å². The van der Waals surface area contributed by atoms with Crippen molar-refractivity contribution in [3.8, 4) is 17.2 Å². The maximum absolute atomic E-state index is 10.2. The summed E-state index contributed by atoms with van der Waals surface area (Å²) in [7, 11) is 3.17. The van der Waals surface area contributed by atoms with Gasteiger partial charge in [-0.3, -0.25) is 0 Å². The molecule has 0 aliphatic carbocycles. The van der Waals surface area contributed by atoms with Gasteiger partial charge in [-0.1, -0.05) is 0 Å². The molecule has 2 atom stereocenters. The number of methoxy groups -OCH3 is 2. The lowest BCUT2D eigenvalue weighted by Gasteiger charge is -2.20. The second-order valence-corrected chi connectivity index (χ2v) is 5.80. The standard InChI is InChI=1S/C18H24O5/c1-10(2)23-16-8-13(18(20)11(3)19)6-12-7-14(21-4)9-15(22-5)17(12)16/h6-11,18-20H,1-5H3/t11-,18+/m0/s1. The van der Waals surface area contributed by atoms with Crippen LogP contribution in [0.5, 0.6) is 17.2 Å². The predicted molar refractivity (Wildman–Crippen MR) is 89.5 cm³/mol. The number of benzene rings is 2. The van der Waals surface area contributed by atoms with Gasteiger partial charge in [0.15, 0.2) is 0 Å². The molecule has 0 saturated heterocycles. The Morgan fingerprint density at radius 3 is 2.09 bits per heavy atom. The Labute approximate surface area is 136 Å². The Balaban J connectivity index is 2.74. The number of fused-ring (bicyclic) bond motifs is 1. The molecule has 126 valence electrons. The van der Waals surface area contributed by atoms with E-state index in [0.29, 0.717) is 22.8 Å². The van der Waals surface area contributed by atoms with Crippen LogP contribution in [0.2, 0.25) is 0 Å². The zero-order valence-corrected chi connectivity index (χ0v) is 14.2. The van der Waals surface area contributed by atoms with Crippen LogP contribution >= 0.6 is 0 Å². The monoisotopic (exact) mass is 320 g/mol. The first-order valence-corrected chi connectivity index (χ1v) is 7.59. The highest BCUT2D eigenvalue weighted by Gasteiger charge is 2.19. The molecule has 2 aromatic rings. The SMILES string of the molecule is COc1cc(OC)c2c(OC(C)C)cc([C@H](O)[C@H](C)O)cc2c1. The molecule has 2 aromatic carbocycles. The molecule has 0 bridgehead atoms. The van der Waals surface area contributed by atoms with Crippen LogP contribution in [0.25, 0.3) is 10.8 Å². The van der Waals surface area contributed by atoms with Crippen molar-refractivity contribution in [2.24, 2.45) is 0 Å². The second-order valence-electron chi connectivity index (χ2n) is 5.80. The lowest BCUT2D eigenvalue weighted by molar-refractivity contribution is 0.0304. The van der Waals surface area contributed by atoms with Crippen molar-refractivity contribution in [2.75, 3.05) is 14.2 Å². The summed E-state index contributed by atoms with van der Waals surface area (Å²) in [5.74, 6) is 1.88. The highest BCUT2D eigenvalue weighted by atomic mass is 16.5. The summed E-state index contributed by atoms with van der Waals surface area (Å²) >= 11 is 0. The number of aliphatic hydroxyl groups is 2. The molecule has 2 N–H and O–H groups in total. The van der Waals surface area contributed by atoms with Gasteiger partial charge in [0.1, 0.15) is 23.4 Å². The lowest BCUT2D eigenvalue weighted by atomic mass is 9.99. The smallest absolute Gasteiger partial charge is 0.134 e. The molecular weight excluding hydrogens is 296 g/mol. The van der Waals surface area contributed by atoms with Gasteiger partial charge < -0.3 is 24.4 Å². The average molecular weight is 320 g/mol. The minimum absolute atomic E-state index is 0.0380. The second kappa shape index (κ2) is 7.06. The summed E-state index contributed by atoms with van der Waals surface area (Å²) in [6.07, 6.45) is -1.91. The maximum Gasteiger partial charge on any atom is 0.134 e. The van der Waals surface area contributed by atoms with E-state index in [-0.39, 0.29) is 6.10 Å². The van der Waals surface area contributed by atoms with Crippen molar-refractivity contribution in [2.45, 2.75) is 39.1 Å². The summed E-state index contributed by atoms with van der Waals surface area (Å²) in [5.41, 5.74) is 0.582. The fraction of sp³-hybridized carbons (Fsp3) is 0.444. The summed E-state index contributed by atoms with van der Waals surface area (Å²) in [4.78, 5) is 0. The molecular formula is C18H24O5. The first kappa shape index (κ1) is 17.4. The molecule has 0 saturated carbocycles. The number of hydrogen-bond donors (Lipinski definition) is 2. The molecule has 0 aliphatic rings. The van der Waals surface area contributed by atoms with Gasteiger partial charge in [0.25, 0.3) is 0 Å². The normalized spacial score (nSPS) is 13.9. The predicted octanol–water partition coefficient (Wildman–Crippen LogP) is 3.06. The summed E-state index contributed by atoms with van der Waals surface area (Å²) in [6.45, 7) is 5.41. The van der Waals surface area contributed by atoms with Gasteiger partial charge in [0.05, 0.1) is 31.8 Å². The number of aliphatic hydroxyl groups excluding tert-OH is 2. The molecule has 5 heteroatoms. The molecule has 23 heavy (non-hydrogen) atoms. The van der Waals surface area contributed by atoms with Crippen molar-refractivity contribution in [3.05, 3.63) is 29.8 Å². The van der Waals surface area contributed by atoms with Crippen LogP contribution in [-0.4, -0.2) is 36.6 Å². The van der Waals surface area contributed by atoms with E-state index in [4.69, 9.17) is 14.2 Å². The quantitative estimate of drug-likeness (QED) is 0.856. The lowest BCUT2D eigenvalue weighted by Crippen LogP contribution is -2.14. The van der Waals surface area contributed by atoms with Crippen molar-refractivity contribution in [1.82, 2.24) is 0 Å². The molecule has 0 spiro atoms. The molecule has 0 amide bonds. The molecule has 0 radical (unpaired) electrons. The molecule has 0 heterocycles. The Morgan fingerprint density at radius 1 is 0.870 bits per heavy atom. The summed E-state index contributed by atoms with van der Waals surface area (Å²) < 4.78 is 16.7. The molecule has 0 aromatic heterocycles. The van der Waals surface area contributed by atoms with Crippen molar-refractivity contribution in [1.29, 1.82) is 0 Å². The van der Waals surface area contributed by atoms with E-state index >= 15 is 0 Å². The minimum atomic E-state index is -0.994. The van der Waals surface area contributed by atoms with E-state index in [0.717, 1.165) is 10.8 Å². The van der Waals surface area contributed by atoms with Crippen LogP contribution in [0.4, 0.5) is 0 Å². The third-order valence-electron chi connectivity index (χ3n) is 3.59. The van der Waals surface area contributed by atoms with Gasteiger partial charge in [-0.2, -0.15) is 0 Å². The fourth-order valence-corrected chi connectivity index (χ4v) is 2.51. The topological polar surface area (TPSA) is 68.2 Å². The van der Waals surface area contributed by atoms with Gasteiger partial charge in [0, 0.05) is 6.07 Å². The summed E-state index contributed by atoms with van der Waals surface area (Å²) in [5, 5.41) is 21.5. The van der Waals surface area contributed by atoms with Gasteiger partial charge >= 0.3 is 0 Å². The van der Waals surface area contributed by atoms with Crippen molar-refractivity contribution < 1.29 is 24.4 Å². The summed E-state index contributed by atoms with van der Waals surface area (Å²) in [6, 6.07) is 7.20. The Hall–Kier alpha value is -1.98. The number of hydrogen-bond acceptors (Lipinski definition) is 5. The Kier molecular flexibility index (Phi) is 5.34. The first-order valence-electron chi connectivity index (χ1n) is 7.59. The zero-order chi connectivity index (χ0) is 17.1.